The van der Waals surface area contributed by atoms with Crippen LogP contribution in [0.3, 0.4) is 0 Å². The topological polar surface area (TPSA) is 152 Å². The van der Waals surface area contributed by atoms with Gasteiger partial charge in [0.2, 0.25) is 0 Å². The minimum atomic E-state index is -0.887. The van der Waals surface area contributed by atoms with E-state index in [1.54, 1.807) is 13.8 Å². The lowest BCUT2D eigenvalue weighted by Gasteiger charge is -2.35. The van der Waals surface area contributed by atoms with Crippen LogP contribution in [0.15, 0.2) is 43.9 Å². The van der Waals surface area contributed by atoms with Gasteiger partial charge in [0.05, 0.1) is 18.8 Å². The first-order valence-corrected chi connectivity index (χ1v) is 12.6. The molecule has 1 saturated heterocycles. The smallest absolute Gasteiger partial charge is 0.338 e. The van der Waals surface area contributed by atoms with E-state index in [1.165, 1.54) is 18.2 Å². The van der Waals surface area contributed by atoms with Crippen LogP contribution >= 0.6 is 15.9 Å². The van der Waals surface area contributed by atoms with Crippen molar-refractivity contribution in [3.63, 3.8) is 0 Å². The zero-order chi connectivity index (χ0) is 26.9. The maximum atomic E-state index is 13.9. The van der Waals surface area contributed by atoms with Gasteiger partial charge in [0, 0.05) is 36.2 Å². The van der Waals surface area contributed by atoms with Crippen molar-refractivity contribution < 1.29 is 28.2 Å². The Hall–Kier alpha value is -3.16. The quantitative estimate of drug-likeness (QED) is 0.216. The van der Waals surface area contributed by atoms with E-state index < -0.39 is 17.8 Å². The van der Waals surface area contributed by atoms with E-state index in [2.05, 4.69) is 31.2 Å². The predicted octanol–water partition coefficient (Wildman–Crippen LogP) is 2.07. The Morgan fingerprint density at radius 3 is 2.86 bits per heavy atom. The molecule has 0 amide bonds. The fraction of sp³-hybridized carbons (Fsp3) is 0.458. The molecule has 4 N–H and O–H groups in total. The third kappa shape index (κ3) is 7.43. The number of carbonyl (C=O) groups is 2. The average Bonchev–Trinajstić information content (AvgIpc) is 2.87. The first kappa shape index (κ1) is 28.4. The molecule has 2 unspecified atom stereocenters. The maximum absolute atomic E-state index is 13.9. The summed E-state index contributed by atoms with van der Waals surface area (Å²) < 4.78 is 30.6. The molecule has 2 heterocycles. The number of hydrogen-bond donors (Lipinski definition) is 3. The lowest BCUT2D eigenvalue weighted by atomic mass is 9.95. The summed E-state index contributed by atoms with van der Waals surface area (Å²) in [5.74, 6) is -1.24. The number of nitrogens with two attached hydrogens (primary N) is 1. The molecule has 0 aromatic heterocycles. The maximum Gasteiger partial charge on any atom is 0.338 e. The van der Waals surface area contributed by atoms with Gasteiger partial charge >= 0.3 is 11.9 Å². The van der Waals surface area contributed by atoms with Crippen molar-refractivity contribution >= 4 is 45.9 Å². The second-order valence-electron chi connectivity index (χ2n) is 8.19. The molecule has 13 heteroatoms. The van der Waals surface area contributed by atoms with Crippen molar-refractivity contribution in [1.82, 2.24) is 10.2 Å². The molecule has 200 valence electrons. The van der Waals surface area contributed by atoms with Gasteiger partial charge in [-0.1, -0.05) is 28.9 Å². The summed E-state index contributed by atoms with van der Waals surface area (Å²) in [6.07, 6.45) is 0.730. The van der Waals surface area contributed by atoms with Crippen LogP contribution in [0.4, 0.5) is 4.39 Å². The van der Waals surface area contributed by atoms with Crippen molar-refractivity contribution in [2.24, 2.45) is 15.7 Å². The largest absolute Gasteiger partial charge is 0.463 e. The Kier molecular flexibility index (Phi) is 10.3. The molecule has 2 aliphatic heterocycles. The Labute approximate surface area is 222 Å². The molecule has 2 aliphatic rings. The molecule has 37 heavy (non-hydrogen) atoms. The fourth-order valence-electron chi connectivity index (χ4n) is 3.92. The summed E-state index contributed by atoms with van der Waals surface area (Å²) in [5.41, 5.74) is 7.28. The molecule has 3 rings (SSSR count). The SMILES string of the molecule is CCOC(=O)C1=C(CN2CCOC(COC(=O)CC)C2)NC(C(N)=NC=N)=NC1c1ccc(F)cc1Br. The van der Waals surface area contributed by atoms with E-state index in [9.17, 15) is 14.0 Å². The van der Waals surface area contributed by atoms with Crippen molar-refractivity contribution in [2.75, 3.05) is 39.5 Å². The number of esters is 2. The highest BCUT2D eigenvalue weighted by Gasteiger charge is 2.35. The normalized spacial score (nSPS) is 20.6. The van der Waals surface area contributed by atoms with Crippen molar-refractivity contribution in [3.8, 4) is 0 Å². The third-order valence-corrected chi connectivity index (χ3v) is 6.33. The number of benzene rings is 1. The Balaban J connectivity index is 2.00. The molecule has 0 spiro atoms. The van der Waals surface area contributed by atoms with Crippen LogP contribution < -0.4 is 11.1 Å². The molecule has 0 bridgehead atoms. The second-order valence-corrected chi connectivity index (χ2v) is 9.05. The predicted molar refractivity (Wildman–Crippen MR) is 139 cm³/mol. The second kappa shape index (κ2) is 13.4. The van der Waals surface area contributed by atoms with E-state index in [4.69, 9.17) is 25.4 Å². The van der Waals surface area contributed by atoms with Gasteiger partial charge in [-0.25, -0.2) is 14.2 Å². The molecule has 1 aromatic rings. The monoisotopic (exact) mass is 580 g/mol. The number of halogens is 2. The van der Waals surface area contributed by atoms with Crippen molar-refractivity contribution in [2.45, 2.75) is 32.4 Å². The van der Waals surface area contributed by atoms with Crippen LogP contribution in [0.2, 0.25) is 0 Å². The number of amidine groups is 2. The van der Waals surface area contributed by atoms with Gasteiger partial charge in [0.1, 0.15) is 30.9 Å². The van der Waals surface area contributed by atoms with Gasteiger partial charge in [-0.15, -0.1) is 0 Å². The number of ether oxygens (including phenoxy) is 3. The number of aliphatic imine (C=N–C) groups is 2. The molecule has 1 fully saturated rings. The van der Waals surface area contributed by atoms with E-state index >= 15 is 0 Å². The number of hydrogen-bond acceptors (Lipinski definition) is 9. The lowest BCUT2D eigenvalue weighted by Crippen LogP contribution is -2.49. The van der Waals surface area contributed by atoms with Crippen LogP contribution in [-0.4, -0.2) is 80.4 Å². The van der Waals surface area contributed by atoms with Gasteiger partial charge in [-0.05, 0) is 24.6 Å². The molecule has 11 nitrogen and oxygen atoms in total. The van der Waals surface area contributed by atoms with Gasteiger partial charge < -0.3 is 25.3 Å². The molecular weight excluding hydrogens is 551 g/mol. The zero-order valence-electron chi connectivity index (χ0n) is 20.6. The van der Waals surface area contributed by atoms with E-state index in [1.807, 2.05) is 4.90 Å². The molecule has 0 radical (unpaired) electrons. The zero-order valence-corrected chi connectivity index (χ0v) is 22.2. The highest BCUT2D eigenvalue weighted by Crippen LogP contribution is 2.36. The van der Waals surface area contributed by atoms with Crippen LogP contribution in [-0.2, 0) is 23.8 Å². The lowest BCUT2D eigenvalue weighted by molar-refractivity contribution is -0.150. The average molecular weight is 581 g/mol. The standard InChI is InChI=1S/C24H30BrFN6O5/c1-3-19(33)37-12-15-10-32(7-8-36-15)11-18-20(24(34)35-4-2)21(16-6-5-14(26)9-17(16)25)31-23(30-18)22(28)29-13-27/h5-6,9,13,15,21H,3-4,7-8,10-12H2,1-2H3,(H,30,31)(H3,27,28,29). The highest BCUT2D eigenvalue weighted by molar-refractivity contribution is 9.10. The summed E-state index contributed by atoms with van der Waals surface area (Å²) in [6.45, 7) is 5.35. The summed E-state index contributed by atoms with van der Waals surface area (Å²) in [6, 6.07) is 3.21. The van der Waals surface area contributed by atoms with E-state index in [0.717, 1.165) is 6.34 Å². The molecular formula is C24H30BrFN6O5. The summed E-state index contributed by atoms with van der Waals surface area (Å²) in [7, 11) is 0. The van der Waals surface area contributed by atoms with Gasteiger partial charge in [-0.3, -0.25) is 20.1 Å². The minimum absolute atomic E-state index is 0.0509. The summed E-state index contributed by atoms with van der Waals surface area (Å²) >= 11 is 3.38. The summed E-state index contributed by atoms with van der Waals surface area (Å²) in [5, 5.41) is 10.4. The molecule has 1 aromatic carbocycles. The van der Waals surface area contributed by atoms with E-state index in [-0.39, 0.29) is 55.5 Å². The Morgan fingerprint density at radius 1 is 1.41 bits per heavy atom. The van der Waals surface area contributed by atoms with Crippen LogP contribution in [0, 0.1) is 11.2 Å². The first-order valence-electron chi connectivity index (χ1n) is 11.8. The minimum Gasteiger partial charge on any atom is -0.463 e. The first-order chi connectivity index (χ1) is 17.8. The van der Waals surface area contributed by atoms with Gasteiger partial charge in [0.15, 0.2) is 11.7 Å². The number of nitrogens with zero attached hydrogens (tertiary/aromatic N) is 3. The molecule has 2 atom stereocenters. The number of morpholine rings is 1. The number of carbonyl (C=O) groups excluding carboxylic acids is 2. The van der Waals surface area contributed by atoms with Gasteiger partial charge in [-0.2, -0.15) is 0 Å². The molecule has 0 saturated carbocycles. The Morgan fingerprint density at radius 2 is 2.19 bits per heavy atom. The number of rotatable bonds is 10. The van der Waals surface area contributed by atoms with Crippen LogP contribution in [0.1, 0.15) is 31.9 Å². The fourth-order valence-corrected chi connectivity index (χ4v) is 4.48. The molecule has 0 aliphatic carbocycles. The van der Waals surface area contributed by atoms with Crippen molar-refractivity contribution in [1.29, 1.82) is 5.41 Å². The highest BCUT2D eigenvalue weighted by atomic mass is 79.9. The third-order valence-electron chi connectivity index (χ3n) is 5.65. The van der Waals surface area contributed by atoms with Crippen LogP contribution in [0.5, 0.6) is 0 Å². The van der Waals surface area contributed by atoms with Crippen LogP contribution in [0.25, 0.3) is 0 Å². The van der Waals surface area contributed by atoms with E-state index in [0.29, 0.717) is 35.4 Å². The van der Waals surface area contributed by atoms with Gasteiger partial charge in [0.25, 0.3) is 0 Å². The summed E-state index contributed by atoms with van der Waals surface area (Å²) in [4.78, 5) is 35.2. The Bertz CT molecular complexity index is 1120. The van der Waals surface area contributed by atoms with Crippen molar-refractivity contribution in [3.05, 3.63) is 45.3 Å². The number of nitrogens with one attached hydrogen (secondary N) is 2.